The van der Waals surface area contributed by atoms with Crippen LogP contribution in [0.15, 0.2) is 35.4 Å². The highest BCUT2D eigenvalue weighted by Gasteiger charge is 2.21. The number of hydrogen-bond donors (Lipinski definition) is 1. The number of fused-ring (bicyclic) bond motifs is 1. The standard InChI is InChI=1S/C23H28N4O3S/c1-6-26(7-2)18(28)12-27-13-24-22-19(23(27)30)15(5)20(31-22)21(29)25-17-10-8-16(9-11-17)14(3)4/h8-11,13-14H,6-7,12H2,1-5H3,(H,25,29). The summed E-state index contributed by atoms with van der Waals surface area (Å²) in [5, 5.41) is 3.29. The zero-order chi connectivity index (χ0) is 22.7. The van der Waals surface area contributed by atoms with Crippen LogP contribution in [-0.2, 0) is 11.3 Å². The molecule has 7 nitrogen and oxygen atoms in total. The zero-order valence-electron chi connectivity index (χ0n) is 18.6. The minimum Gasteiger partial charge on any atom is -0.342 e. The molecule has 0 bridgehead atoms. The molecule has 2 amide bonds. The predicted molar refractivity (Wildman–Crippen MR) is 125 cm³/mol. The second-order valence-electron chi connectivity index (χ2n) is 7.71. The quantitative estimate of drug-likeness (QED) is 0.602. The van der Waals surface area contributed by atoms with Crippen LogP contribution < -0.4 is 10.9 Å². The topological polar surface area (TPSA) is 84.3 Å². The normalized spacial score (nSPS) is 11.2. The lowest BCUT2D eigenvalue weighted by Crippen LogP contribution is -2.36. The van der Waals surface area contributed by atoms with Gasteiger partial charge in [-0.15, -0.1) is 11.3 Å². The van der Waals surface area contributed by atoms with Gasteiger partial charge in [-0.05, 0) is 49.9 Å². The molecule has 8 heteroatoms. The van der Waals surface area contributed by atoms with Crippen LogP contribution in [0.1, 0.15) is 54.4 Å². The number of rotatable bonds is 7. The van der Waals surface area contributed by atoms with Crippen molar-refractivity contribution < 1.29 is 9.59 Å². The number of amides is 2. The molecule has 2 aromatic heterocycles. The van der Waals surface area contributed by atoms with Gasteiger partial charge in [-0.25, -0.2) is 4.98 Å². The summed E-state index contributed by atoms with van der Waals surface area (Å²) in [6.45, 7) is 10.9. The number of likely N-dealkylation sites (N-methyl/N-ethyl adjacent to an activating group) is 1. The third kappa shape index (κ3) is 4.69. The molecule has 0 unspecified atom stereocenters. The summed E-state index contributed by atoms with van der Waals surface area (Å²) >= 11 is 1.18. The van der Waals surface area contributed by atoms with E-state index in [9.17, 15) is 14.4 Å². The van der Waals surface area contributed by atoms with Crippen LogP contribution in [0.5, 0.6) is 0 Å². The molecule has 0 aliphatic heterocycles. The number of thiophene rings is 1. The van der Waals surface area contributed by atoms with Crippen molar-refractivity contribution in [3.05, 3.63) is 57.0 Å². The molecule has 0 radical (unpaired) electrons. The van der Waals surface area contributed by atoms with E-state index in [1.54, 1.807) is 11.8 Å². The Balaban J connectivity index is 1.88. The molecule has 0 spiro atoms. The van der Waals surface area contributed by atoms with Gasteiger partial charge in [-0.3, -0.25) is 19.0 Å². The number of hydrogen-bond acceptors (Lipinski definition) is 5. The van der Waals surface area contributed by atoms with Crippen LogP contribution in [0.2, 0.25) is 0 Å². The first-order valence-corrected chi connectivity index (χ1v) is 11.3. The molecule has 164 valence electrons. The van der Waals surface area contributed by atoms with Crippen molar-refractivity contribution in [3.8, 4) is 0 Å². The van der Waals surface area contributed by atoms with E-state index in [0.717, 1.165) is 0 Å². The molecule has 2 heterocycles. The molecular formula is C23H28N4O3S. The summed E-state index contributed by atoms with van der Waals surface area (Å²) in [5.74, 6) is 0.00311. The fourth-order valence-corrected chi connectivity index (χ4v) is 4.48. The third-order valence-corrected chi connectivity index (χ3v) is 6.58. The van der Waals surface area contributed by atoms with Crippen LogP contribution in [0.25, 0.3) is 10.2 Å². The summed E-state index contributed by atoms with van der Waals surface area (Å²) in [6.07, 6.45) is 1.38. The predicted octanol–water partition coefficient (Wildman–Crippen LogP) is 4.01. The molecule has 31 heavy (non-hydrogen) atoms. The Morgan fingerprint density at radius 2 is 1.81 bits per heavy atom. The minimum absolute atomic E-state index is 0.0670. The van der Waals surface area contributed by atoms with E-state index in [1.807, 2.05) is 38.1 Å². The molecule has 0 aliphatic rings. The third-order valence-electron chi connectivity index (χ3n) is 5.38. The van der Waals surface area contributed by atoms with Gasteiger partial charge in [0.2, 0.25) is 5.91 Å². The first-order chi connectivity index (χ1) is 14.8. The van der Waals surface area contributed by atoms with E-state index in [2.05, 4.69) is 24.1 Å². The highest BCUT2D eigenvalue weighted by molar-refractivity contribution is 7.20. The Bertz CT molecular complexity index is 1160. The molecule has 3 rings (SSSR count). The van der Waals surface area contributed by atoms with Crippen molar-refractivity contribution in [2.45, 2.75) is 47.1 Å². The van der Waals surface area contributed by atoms with Gasteiger partial charge in [0.05, 0.1) is 16.6 Å². The maximum atomic E-state index is 13.0. The maximum Gasteiger partial charge on any atom is 0.266 e. The molecular weight excluding hydrogens is 412 g/mol. The van der Waals surface area contributed by atoms with E-state index in [1.165, 1.54) is 27.8 Å². The fourth-order valence-electron chi connectivity index (χ4n) is 3.45. The number of anilines is 1. The highest BCUT2D eigenvalue weighted by Crippen LogP contribution is 2.28. The van der Waals surface area contributed by atoms with Gasteiger partial charge in [0.15, 0.2) is 0 Å². The smallest absolute Gasteiger partial charge is 0.266 e. The molecule has 1 N–H and O–H groups in total. The van der Waals surface area contributed by atoms with E-state index in [0.29, 0.717) is 45.4 Å². The van der Waals surface area contributed by atoms with Crippen LogP contribution in [0, 0.1) is 6.92 Å². The lowest BCUT2D eigenvalue weighted by atomic mass is 10.0. The summed E-state index contributed by atoms with van der Waals surface area (Å²) in [6, 6.07) is 7.73. The molecule has 0 atom stereocenters. The van der Waals surface area contributed by atoms with Crippen molar-refractivity contribution in [2.24, 2.45) is 0 Å². The molecule has 0 fully saturated rings. The van der Waals surface area contributed by atoms with Crippen molar-refractivity contribution in [1.82, 2.24) is 14.5 Å². The molecule has 0 saturated heterocycles. The van der Waals surface area contributed by atoms with Crippen molar-refractivity contribution >= 4 is 39.1 Å². The van der Waals surface area contributed by atoms with E-state index < -0.39 is 0 Å². The molecule has 0 saturated carbocycles. The fraction of sp³-hybridized carbons (Fsp3) is 0.391. The Labute approximate surface area is 185 Å². The number of benzene rings is 1. The Hall–Kier alpha value is -3.00. The average Bonchev–Trinajstić information content (AvgIpc) is 3.08. The first kappa shape index (κ1) is 22.7. The van der Waals surface area contributed by atoms with E-state index >= 15 is 0 Å². The molecule has 0 aliphatic carbocycles. The van der Waals surface area contributed by atoms with Gasteiger partial charge in [-0.2, -0.15) is 0 Å². The van der Waals surface area contributed by atoms with Gasteiger partial charge in [0.25, 0.3) is 11.5 Å². The summed E-state index contributed by atoms with van der Waals surface area (Å²) in [4.78, 5) is 45.2. The van der Waals surface area contributed by atoms with Crippen molar-refractivity contribution in [3.63, 3.8) is 0 Å². The number of aryl methyl sites for hydroxylation is 1. The monoisotopic (exact) mass is 440 g/mol. The van der Waals surface area contributed by atoms with Gasteiger partial charge in [0.1, 0.15) is 11.4 Å². The maximum absolute atomic E-state index is 13.0. The summed E-state index contributed by atoms with van der Waals surface area (Å²) in [7, 11) is 0. The summed E-state index contributed by atoms with van der Waals surface area (Å²) < 4.78 is 1.31. The SMILES string of the molecule is CCN(CC)C(=O)Cn1cnc2sc(C(=O)Nc3ccc(C(C)C)cc3)c(C)c2c1=O. The van der Waals surface area contributed by atoms with Crippen LogP contribution >= 0.6 is 11.3 Å². The number of aromatic nitrogens is 2. The second kappa shape index (κ2) is 9.43. The number of nitrogens with one attached hydrogen (secondary N) is 1. The van der Waals surface area contributed by atoms with E-state index in [-0.39, 0.29) is 23.9 Å². The lowest BCUT2D eigenvalue weighted by molar-refractivity contribution is -0.131. The van der Waals surface area contributed by atoms with Crippen molar-refractivity contribution in [2.75, 3.05) is 18.4 Å². The molecule has 3 aromatic rings. The number of carbonyl (C=O) groups excluding carboxylic acids is 2. The van der Waals surface area contributed by atoms with Gasteiger partial charge >= 0.3 is 0 Å². The first-order valence-electron chi connectivity index (χ1n) is 10.4. The largest absolute Gasteiger partial charge is 0.342 e. The Kier molecular flexibility index (Phi) is 6.90. The van der Waals surface area contributed by atoms with Crippen molar-refractivity contribution in [1.29, 1.82) is 0 Å². The Morgan fingerprint density at radius 3 is 2.39 bits per heavy atom. The van der Waals surface area contributed by atoms with Gasteiger partial charge in [-0.1, -0.05) is 26.0 Å². The summed E-state index contributed by atoms with van der Waals surface area (Å²) in [5.41, 5.74) is 2.17. The van der Waals surface area contributed by atoms with Crippen LogP contribution in [0.4, 0.5) is 5.69 Å². The lowest BCUT2D eigenvalue weighted by Gasteiger charge is -2.18. The number of nitrogens with zero attached hydrogens (tertiary/aromatic N) is 3. The second-order valence-corrected chi connectivity index (χ2v) is 8.71. The Morgan fingerprint density at radius 1 is 1.16 bits per heavy atom. The van der Waals surface area contributed by atoms with Crippen LogP contribution in [-0.4, -0.2) is 39.4 Å². The van der Waals surface area contributed by atoms with E-state index in [4.69, 9.17) is 0 Å². The number of carbonyl (C=O) groups is 2. The van der Waals surface area contributed by atoms with Gasteiger partial charge < -0.3 is 10.2 Å². The van der Waals surface area contributed by atoms with Crippen LogP contribution in [0.3, 0.4) is 0 Å². The van der Waals surface area contributed by atoms with Gasteiger partial charge in [0, 0.05) is 18.8 Å². The minimum atomic E-state index is -0.306. The highest BCUT2D eigenvalue weighted by atomic mass is 32.1. The molecule has 1 aromatic carbocycles. The average molecular weight is 441 g/mol. The zero-order valence-corrected chi connectivity index (χ0v) is 19.4.